The summed E-state index contributed by atoms with van der Waals surface area (Å²) in [4.78, 5) is 38.2. The van der Waals surface area contributed by atoms with Crippen LogP contribution in [0.1, 0.15) is 36.8 Å². The van der Waals surface area contributed by atoms with E-state index in [9.17, 15) is 14.4 Å². The van der Waals surface area contributed by atoms with E-state index in [4.69, 9.17) is 4.74 Å². The summed E-state index contributed by atoms with van der Waals surface area (Å²) in [5.74, 6) is -1.27. The molecule has 1 amide bonds. The van der Waals surface area contributed by atoms with Crippen LogP contribution in [0.5, 0.6) is 0 Å². The molecule has 0 saturated heterocycles. The van der Waals surface area contributed by atoms with Crippen molar-refractivity contribution in [3.8, 4) is 5.69 Å². The molecule has 0 aliphatic carbocycles. The van der Waals surface area contributed by atoms with Gasteiger partial charge in [-0.1, -0.05) is 69.3 Å². The van der Waals surface area contributed by atoms with Gasteiger partial charge in [-0.3, -0.25) is 9.59 Å². The number of ether oxygens (including phenoxy) is 1. The summed E-state index contributed by atoms with van der Waals surface area (Å²) in [6, 6.07) is 23.0. The number of hydrogen-bond acceptors (Lipinski definition) is 5. The van der Waals surface area contributed by atoms with E-state index in [1.807, 2.05) is 30.3 Å². The smallest absolute Gasteiger partial charge is 0.359 e. The Morgan fingerprint density at radius 3 is 2.15 bits per heavy atom. The van der Waals surface area contributed by atoms with Crippen LogP contribution in [0.2, 0.25) is 0 Å². The maximum Gasteiger partial charge on any atom is 0.359 e. The Morgan fingerprint density at radius 2 is 1.50 bits per heavy atom. The van der Waals surface area contributed by atoms with E-state index in [1.54, 1.807) is 48.5 Å². The van der Waals surface area contributed by atoms with Gasteiger partial charge < -0.3 is 10.1 Å². The number of aromatic nitrogens is 2. The Labute approximate surface area is 197 Å². The van der Waals surface area contributed by atoms with Crippen molar-refractivity contribution in [2.24, 2.45) is 0 Å². The Balaban J connectivity index is 1.53. The van der Waals surface area contributed by atoms with Gasteiger partial charge in [0.15, 0.2) is 12.3 Å². The van der Waals surface area contributed by atoms with Gasteiger partial charge in [-0.05, 0) is 41.3 Å². The van der Waals surface area contributed by atoms with Crippen LogP contribution >= 0.6 is 0 Å². The molecule has 172 valence electrons. The summed E-state index contributed by atoms with van der Waals surface area (Å²) in [5.41, 5.74) is 1.88. The number of amides is 1. The van der Waals surface area contributed by atoms with E-state index in [-0.39, 0.29) is 16.7 Å². The van der Waals surface area contributed by atoms with Crippen LogP contribution in [-0.4, -0.2) is 28.3 Å². The highest BCUT2D eigenvalue weighted by Crippen LogP contribution is 2.23. The SMILES string of the molecule is CC(C)(C)c1ccc(NC(=O)COC(=O)c2nn(-c3ccccc3)c(=O)c3ccccc23)cc1. The molecule has 4 aromatic rings. The fourth-order valence-corrected chi connectivity index (χ4v) is 3.53. The second-order valence-electron chi connectivity index (χ2n) is 8.90. The van der Waals surface area contributed by atoms with Gasteiger partial charge in [0.1, 0.15) is 0 Å². The lowest BCUT2D eigenvalue weighted by Crippen LogP contribution is -2.26. The summed E-state index contributed by atoms with van der Waals surface area (Å²) in [7, 11) is 0. The number of fused-ring (bicyclic) bond motifs is 1. The molecule has 0 unspecified atom stereocenters. The monoisotopic (exact) mass is 455 g/mol. The lowest BCUT2D eigenvalue weighted by atomic mass is 9.87. The summed E-state index contributed by atoms with van der Waals surface area (Å²) in [5, 5.41) is 7.68. The maximum atomic E-state index is 12.9. The summed E-state index contributed by atoms with van der Waals surface area (Å²) in [6.07, 6.45) is 0. The Morgan fingerprint density at radius 1 is 0.882 bits per heavy atom. The number of nitrogens with one attached hydrogen (secondary N) is 1. The molecule has 1 N–H and O–H groups in total. The van der Waals surface area contributed by atoms with Crippen LogP contribution in [-0.2, 0) is 14.9 Å². The molecule has 0 radical (unpaired) electrons. The largest absolute Gasteiger partial charge is 0.451 e. The first-order chi connectivity index (χ1) is 16.2. The van der Waals surface area contributed by atoms with Crippen molar-refractivity contribution >= 4 is 28.3 Å². The molecule has 7 heteroatoms. The van der Waals surface area contributed by atoms with E-state index in [1.165, 1.54) is 0 Å². The second kappa shape index (κ2) is 9.31. The molecule has 0 aliphatic rings. The highest BCUT2D eigenvalue weighted by molar-refractivity contribution is 6.03. The fraction of sp³-hybridized carbons (Fsp3) is 0.185. The average molecular weight is 456 g/mol. The normalized spacial score (nSPS) is 11.3. The number of carbonyl (C=O) groups is 2. The van der Waals surface area contributed by atoms with E-state index in [2.05, 4.69) is 31.2 Å². The molecule has 0 atom stereocenters. The minimum atomic E-state index is -0.792. The lowest BCUT2D eigenvalue weighted by Gasteiger charge is -2.19. The number of benzene rings is 3. The zero-order valence-electron chi connectivity index (χ0n) is 19.2. The van der Waals surface area contributed by atoms with Gasteiger partial charge in [0.25, 0.3) is 11.5 Å². The maximum absolute atomic E-state index is 12.9. The van der Waals surface area contributed by atoms with E-state index in [0.29, 0.717) is 22.1 Å². The van der Waals surface area contributed by atoms with Crippen molar-refractivity contribution in [2.45, 2.75) is 26.2 Å². The predicted molar refractivity (Wildman–Crippen MR) is 131 cm³/mol. The van der Waals surface area contributed by atoms with Gasteiger partial charge >= 0.3 is 5.97 Å². The third-order valence-electron chi connectivity index (χ3n) is 5.37. The highest BCUT2D eigenvalue weighted by atomic mass is 16.5. The first kappa shape index (κ1) is 22.9. The number of esters is 1. The number of nitrogens with zero attached hydrogens (tertiary/aromatic N) is 2. The molecule has 3 aromatic carbocycles. The molecule has 7 nitrogen and oxygen atoms in total. The van der Waals surface area contributed by atoms with Crippen molar-refractivity contribution in [3.05, 3.63) is 100 Å². The molecule has 0 spiro atoms. The van der Waals surface area contributed by atoms with Crippen LogP contribution in [0, 0.1) is 0 Å². The number of anilines is 1. The number of carbonyl (C=O) groups excluding carboxylic acids is 2. The Bertz CT molecular complexity index is 1400. The molecule has 34 heavy (non-hydrogen) atoms. The van der Waals surface area contributed by atoms with Gasteiger partial charge in [-0.15, -0.1) is 0 Å². The first-order valence-corrected chi connectivity index (χ1v) is 10.9. The molecule has 0 saturated carbocycles. The molecular formula is C27H25N3O4. The van der Waals surface area contributed by atoms with Crippen molar-refractivity contribution in [2.75, 3.05) is 11.9 Å². The van der Waals surface area contributed by atoms with Crippen molar-refractivity contribution in [1.29, 1.82) is 0 Å². The molecule has 0 fully saturated rings. The van der Waals surface area contributed by atoms with Gasteiger partial charge in [0.2, 0.25) is 0 Å². The minimum absolute atomic E-state index is 0.00406. The number of hydrogen-bond donors (Lipinski definition) is 1. The quantitative estimate of drug-likeness (QED) is 0.448. The average Bonchev–Trinajstić information content (AvgIpc) is 2.83. The van der Waals surface area contributed by atoms with Crippen LogP contribution in [0.25, 0.3) is 16.5 Å². The van der Waals surface area contributed by atoms with Crippen LogP contribution in [0.4, 0.5) is 5.69 Å². The predicted octanol–water partition coefficient (Wildman–Crippen LogP) is 4.48. The van der Waals surface area contributed by atoms with Gasteiger partial charge in [0, 0.05) is 11.1 Å². The van der Waals surface area contributed by atoms with Crippen molar-refractivity contribution in [3.63, 3.8) is 0 Å². The Kier molecular flexibility index (Phi) is 6.27. The second-order valence-corrected chi connectivity index (χ2v) is 8.90. The standard InChI is InChI=1S/C27H25N3O4/c1-27(2,3)18-13-15-19(16-14-18)28-23(31)17-34-26(33)24-21-11-7-8-12-22(21)25(32)30(29-24)20-9-5-4-6-10-20/h4-16H,17H2,1-3H3,(H,28,31). The third-order valence-corrected chi connectivity index (χ3v) is 5.37. The molecule has 1 heterocycles. The summed E-state index contributed by atoms with van der Waals surface area (Å²) in [6.45, 7) is 5.84. The molecule has 0 bridgehead atoms. The topological polar surface area (TPSA) is 90.3 Å². The summed E-state index contributed by atoms with van der Waals surface area (Å²) < 4.78 is 6.41. The lowest BCUT2D eigenvalue weighted by molar-refractivity contribution is -0.119. The van der Waals surface area contributed by atoms with Crippen LogP contribution in [0.15, 0.2) is 83.7 Å². The Hall–Kier alpha value is -4.26. The van der Waals surface area contributed by atoms with Crippen molar-refractivity contribution < 1.29 is 14.3 Å². The first-order valence-electron chi connectivity index (χ1n) is 10.9. The van der Waals surface area contributed by atoms with E-state index in [0.717, 1.165) is 10.2 Å². The van der Waals surface area contributed by atoms with Gasteiger partial charge in [-0.25, -0.2) is 4.79 Å². The zero-order chi connectivity index (χ0) is 24.3. The molecule has 1 aromatic heterocycles. The highest BCUT2D eigenvalue weighted by Gasteiger charge is 2.20. The molecule has 4 rings (SSSR count). The van der Waals surface area contributed by atoms with Crippen LogP contribution < -0.4 is 10.9 Å². The number of rotatable bonds is 5. The minimum Gasteiger partial charge on any atom is -0.451 e. The molecular weight excluding hydrogens is 430 g/mol. The third kappa shape index (κ3) is 4.88. The van der Waals surface area contributed by atoms with Crippen LogP contribution in [0.3, 0.4) is 0 Å². The van der Waals surface area contributed by atoms with E-state index < -0.39 is 18.5 Å². The zero-order valence-corrected chi connectivity index (χ0v) is 19.2. The van der Waals surface area contributed by atoms with Gasteiger partial charge in [-0.2, -0.15) is 9.78 Å². The van der Waals surface area contributed by atoms with E-state index >= 15 is 0 Å². The number of para-hydroxylation sites is 1. The summed E-state index contributed by atoms with van der Waals surface area (Å²) >= 11 is 0. The van der Waals surface area contributed by atoms with Crippen molar-refractivity contribution in [1.82, 2.24) is 9.78 Å². The fourth-order valence-electron chi connectivity index (χ4n) is 3.53. The van der Waals surface area contributed by atoms with Gasteiger partial charge in [0.05, 0.1) is 11.1 Å². The molecule has 0 aliphatic heterocycles.